The largest absolute Gasteiger partial charge is 0.452 e. The Morgan fingerprint density at radius 1 is 1.15 bits per heavy atom. The molecule has 0 unspecified atom stereocenters. The summed E-state index contributed by atoms with van der Waals surface area (Å²) in [5.74, 6) is -1.11. The number of carbonyl (C=O) groups excluding carboxylic acids is 2. The first-order chi connectivity index (χ1) is 13.0. The number of rotatable bonds is 8. The van der Waals surface area contributed by atoms with Crippen LogP contribution in [0.3, 0.4) is 0 Å². The van der Waals surface area contributed by atoms with Gasteiger partial charge in [0, 0.05) is 6.54 Å². The highest BCUT2D eigenvalue weighted by molar-refractivity contribution is 5.91. The van der Waals surface area contributed by atoms with E-state index >= 15 is 0 Å². The van der Waals surface area contributed by atoms with Crippen molar-refractivity contribution in [2.45, 2.75) is 13.0 Å². The zero-order valence-corrected chi connectivity index (χ0v) is 14.2. The predicted octanol–water partition coefficient (Wildman–Crippen LogP) is 2.68. The fourth-order valence-corrected chi connectivity index (χ4v) is 2.16. The molecule has 0 spiro atoms. The Bertz CT molecular complexity index is 832. The molecular formula is C19H16F2N2O4. The van der Waals surface area contributed by atoms with Crippen molar-refractivity contribution in [3.05, 3.63) is 65.2 Å². The average Bonchev–Trinajstić information content (AvgIpc) is 2.67. The third-order valence-corrected chi connectivity index (χ3v) is 3.45. The summed E-state index contributed by atoms with van der Waals surface area (Å²) >= 11 is 0. The standard InChI is InChI=1S/C19H16F2N2O4/c20-19(21)27-16-6-4-13(5-7-16)8-9-23-17(24)12-26-18(25)15-3-1-2-14(10-15)11-22/h1-7,10,19H,8-9,12H2,(H,23,24). The molecule has 0 saturated carbocycles. The lowest BCUT2D eigenvalue weighted by atomic mass is 10.1. The molecule has 2 aromatic carbocycles. The molecule has 0 bridgehead atoms. The lowest BCUT2D eigenvalue weighted by Crippen LogP contribution is -2.30. The number of nitriles is 1. The maximum Gasteiger partial charge on any atom is 0.387 e. The molecule has 0 radical (unpaired) electrons. The van der Waals surface area contributed by atoms with Crippen molar-refractivity contribution >= 4 is 11.9 Å². The van der Waals surface area contributed by atoms with E-state index in [1.54, 1.807) is 24.3 Å². The van der Waals surface area contributed by atoms with Crippen LogP contribution in [-0.4, -0.2) is 31.6 Å². The van der Waals surface area contributed by atoms with Crippen molar-refractivity contribution in [1.29, 1.82) is 5.26 Å². The summed E-state index contributed by atoms with van der Waals surface area (Å²) in [7, 11) is 0. The molecule has 0 aromatic heterocycles. The number of hydrogen-bond donors (Lipinski definition) is 1. The maximum atomic E-state index is 12.1. The van der Waals surface area contributed by atoms with E-state index in [1.165, 1.54) is 24.3 Å². The van der Waals surface area contributed by atoms with Gasteiger partial charge >= 0.3 is 12.6 Å². The van der Waals surface area contributed by atoms with Gasteiger partial charge in [0.25, 0.3) is 5.91 Å². The molecule has 8 heteroatoms. The molecule has 140 valence electrons. The van der Waals surface area contributed by atoms with Gasteiger partial charge in [0.15, 0.2) is 6.61 Å². The Balaban J connectivity index is 1.71. The number of alkyl halides is 2. The van der Waals surface area contributed by atoms with E-state index in [-0.39, 0.29) is 17.9 Å². The van der Waals surface area contributed by atoms with Crippen molar-refractivity contribution in [3.8, 4) is 11.8 Å². The first kappa shape index (κ1) is 19.8. The summed E-state index contributed by atoms with van der Waals surface area (Å²) in [5, 5.41) is 11.4. The van der Waals surface area contributed by atoms with Crippen LogP contribution in [-0.2, 0) is 16.0 Å². The first-order valence-electron chi connectivity index (χ1n) is 7.95. The lowest BCUT2D eigenvalue weighted by molar-refractivity contribution is -0.124. The molecule has 0 heterocycles. The number of carbonyl (C=O) groups is 2. The number of esters is 1. The van der Waals surface area contributed by atoms with E-state index in [2.05, 4.69) is 10.1 Å². The minimum Gasteiger partial charge on any atom is -0.452 e. The second-order valence-electron chi connectivity index (χ2n) is 5.39. The summed E-state index contributed by atoms with van der Waals surface area (Å²) in [6.07, 6.45) is 0.471. The Kier molecular flexibility index (Phi) is 7.26. The molecule has 27 heavy (non-hydrogen) atoms. The number of benzene rings is 2. The number of nitrogens with one attached hydrogen (secondary N) is 1. The SMILES string of the molecule is N#Cc1cccc(C(=O)OCC(=O)NCCc2ccc(OC(F)F)cc2)c1. The second kappa shape index (κ2) is 9.87. The van der Waals surface area contributed by atoms with E-state index < -0.39 is 25.1 Å². The predicted molar refractivity (Wildman–Crippen MR) is 91.2 cm³/mol. The van der Waals surface area contributed by atoms with Gasteiger partial charge in [-0.05, 0) is 42.3 Å². The topological polar surface area (TPSA) is 88.4 Å². The Morgan fingerprint density at radius 2 is 1.89 bits per heavy atom. The normalized spacial score (nSPS) is 10.1. The summed E-state index contributed by atoms with van der Waals surface area (Å²) in [5.41, 5.74) is 1.33. The summed E-state index contributed by atoms with van der Waals surface area (Å²) in [6.45, 7) is -3.04. The lowest BCUT2D eigenvalue weighted by Gasteiger charge is -2.08. The molecule has 2 aromatic rings. The zero-order valence-electron chi connectivity index (χ0n) is 14.2. The minimum absolute atomic E-state index is 0.0603. The summed E-state index contributed by atoms with van der Waals surface area (Å²) < 4.78 is 33.3. The number of halogens is 2. The van der Waals surface area contributed by atoms with Gasteiger partial charge in [-0.15, -0.1) is 0 Å². The van der Waals surface area contributed by atoms with E-state index in [0.29, 0.717) is 12.0 Å². The quantitative estimate of drug-likeness (QED) is 0.718. The van der Waals surface area contributed by atoms with Crippen LogP contribution in [0.15, 0.2) is 48.5 Å². The second-order valence-corrected chi connectivity index (χ2v) is 5.39. The Morgan fingerprint density at radius 3 is 2.56 bits per heavy atom. The molecule has 1 amide bonds. The van der Waals surface area contributed by atoms with Gasteiger partial charge in [-0.3, -0.25) is 4.79 Å². The number of ether oxygens (including phenoxy) is 2. The van der Waals surface area contributed by atoms with Gasteiger partial charge in [0.1, 0.15) is 5.75 Å². The highest BCUT2D eigenvalue weighted by atomic mass is 19.3. The Labute approximate surface area is 154 Å². The van der Waals surface area contributed by atoms with E-state index in [0.717, 1.165) is 5.56 Å². The molecule has 2 rings (SSSR count). The molecule has 0 atom stereocenters. The van der Waals surface area contributed by atoms with Crippen LogP contribution < -0.4 is 10.1 Å². The summed E-state index contributed by atoms with van der Waals surface area (Å²) in [4.78, 5) is 23.6. The van der Waals surface area contributed by atoms with Crippen molar-refractivity contribution in [2.75, 3.05) is 13.2 Å². The van der Waals surface area contributed by atoms with Crippen LogP contribution in [0.25, 0.3) is 0 Å². The molecule has 6 nitrogen and oxygen atoms in total. The van der Waals surface area contributed by atoms with Crippen molar-refractivity contribution < 1.29 is 27.8 Å². The van der Waals surface area contributed by atoms with Crippen molar-refractivity contribution in [2.24, 2.45) is 0 Å². The van der Waals surface area contributed by atoms with Crippen molar-refractivity contribution in [3.63, 3.8) is 0 Å². The minimum atomic E-state index is -2.87. The fourth-order valence-electron chi connectivity index (χ4n) is 2.16. The molecule has 0 aliphatic carbocycles. The van der Waals surface area contributed by atoms with Gasteiger partial charge in [-0.25, -0.2) is 4.79 Å². The maximum absolute atomic E-state index is 12.1. The van der Waals surface area contributed by atoms with Gasteiger partial charge in [0.2, 0.25) is 0 Å². The molecule has 0 aliphatic rings. The average molecular weight is 374 g/mol. The van der Waals surface area contributed by atoms with Crippen LogP contribution >= 0.6 is 0 Å². The van der Waals surface area contributed by atoms with E-state index in [4.69, 9.17) is 10.00 Å². The molecular weight excluding hydrogens is 358 g/mol. The third-order valence-electron chi connectivity index (χ3n) is 3.45. The van der Waals surface area contributed by atoms with Gasteiger partial charge in [-0.1, -0.05) is 18.2 Å². The Hall–Kier alpha value is -3.47. The van der Waals surface area contributed by atoms with Gasteiger partial charge in [0.05, 0.1) is 17.2 Å². The van der Waals surface area contributed by atoms with Gasteiger partial charge in [-0.2, -0.15) is 14.0 Å². The van der Waals surface area contributed by atoms with Gasteiger partial charge < -0.3 is 14.8 Å². The highest BCUT2D eigenvalue weighted by Crippen LogP contribution is 2.15. The fraction of sp³-hybridized carbons (Fsp3) is 0.211. The molecule has 0 fully saturated rings. The van der Waals surface area contributed by atoms with Crippen LogP contribution in [0.4, 0.5) is 8.78 Å². The third kappa shape index (κ3) is 6.74. The molecule has 0 saturated heterocycles. The van der Waals surface area contributed by atoms with Crippen LogP contribution in [0.1, 0.15) is 21.5 Å². The van der Waals surface area contributed by atoms with E-state index in [1.807, 2.05) is 6.07 Å². The number of nitrogens with zero attached hydrogens (tertiary/aromatic N) is 1. The molecule has 1 N–H and O–H groups in total. The number of hydrogen-bond acceptors (Lipinski definition) is 5. The smallest absolute Gasteiger partial charge is 0.387 e. The summed E-state index contributed by atoms with van der Waals surface area (Å²) in [6, 6.07) is 13.9. The van der Waals surface area contributed by atoms with Crippen molar-refractivity contribution in [1.82, 2.24) is 5.32 Å². The monoisotopic (exact) mass is 374 g/mol. The molecule has 0 aliphatic heterocycles. The first-order valence-corrected chi connectivity index (χ1v) is 7.95. The number of amides is 1. The van der Waals surface area contributed by atoms with Crippen LogP contribution in [0.2, 0.25) is 0 Å². The van der Waals surface area contributed by atoms with Crippen LogP contribution in [0.5, 0.6) is 5.75 Å². The van der Waals surface area contributed by atoms with Crippen LogP contribution in [0, 0.1) is 11.3 Å². The highest BCUT2D eigenvalue weighted by Gasteiger charge is 2.10. The zero-order chi connectivity index (χ0) is 19.6. The van der Waals surface area contributed by atoms with E-state index in [9.17, 15) is 18.4 Å².